The fourth-order valence-corrected chi connectivity index (χ4v) is 5.27. The second-order valence-corrected chi connectivity index (χ2v) is 10.3. The molecule has 1 aromatic carbocycles. The normalized spacial score (nSPS) is 18.3. The summed E-state index contributed by atoms with van der Waals surface area (Å²) in [6.07, 6.45) is 4.14. The van der Waals surface area contributed by atoms with Gasteiger partial charge in [0.25, 0.3) is 5.56 Å². The van der Waals surface area contributed by atoms with Crippen LogP contribution in [0.25, 0.3) is 22.4 Å². The van der Waals surface area contributed by atoms with Crippen LogP contribution in [0.15, 0.2) is 23.0 Å². The third-order valence-corrected chi connectivity index (χ3v) is 7.33. The van der Waals surface area contributed by atoms with Crippen LogP contribution in [-0.2, 0) is 29.6 Å². The van der Waals surface area contributed by atoms with Crippen molar-refractivity contribution in [2.24, 2.45) is 7.05 Å². The summed E-state index contributed by atoms with van der Waals surface area (Å²) in [5.41, 5.74) is 6.05. The van der Waals surface area contributed by atoms with Gasteiger partial charge in [-0.1, -0.05) is 19.4 Å². The molecular weight excluding hydrogens is 514 g/mol. The van der Waals surface area contributed by atoms with E-state index in [1.807, 2.05) is 25.1 Å². The van der Waals surface area contributed by atoms with Crippen LogP contribution in [0, 0.1) is 0 Å². The molecule has 216 valence electrons. The van der Waals surface area contributed by atoms with Crippen molar-refractivity contribution in [1.29, 1.82) is 0 Å². The van der Waals surface area contributed by atoms with Crippen LogP contribution in [0.4, 0.5) is 4.79 Å². The molecule has 2 N–H and O–H groups in total. The van der Waals surface area contributed by atoms with E-state index in [4.69, 9.17) is 19.3 Å². The highest BCUT2D eigenvalue weighted by atomic mass is 16.8. The lowest BCUT2D eigenvalue weighted by molar-refractivity contribution is -0.187. The number of benzene rings is 1. The number of urea groups is 1. The van der Waals surface area contributed by atoms with Crippen LogP contribution in [0.5, 0.6) is 5.75 Å². The van der Waals surface area contributed by atoms with Crippen molar-refractivity contribution < 1.29 is 19.1 Å². The van der Waals surface area contributed by atoms with Crippen LogP contribution in [-0.4, -0.2) is 81.3 Å². The Morgan fingerprint density at radius 1 is 1.20 bits per heavy atom. The van der Waals surface area contributed by atoms with Gasteiger partial charge in [-0.05, 0) is 43.9 Å². The molecule has 1 unspecified atom stereocenters. The zero-order valence-corrected chi connectivity index (χ0v) is 23.6. The predicted molar refractivity (Wildman–Crippen MR) is 150 cm³/mol. The number of H-pyrrole nitrogens is 1. The number of fused-ring (bicyclic) bond motifs is 1. The molecule has 0 saturated carbocycles. The number of carbonyl (C=O) groups is 1. The van der Waals surface area contributed by atoms with E-state index in [2.05, 4.69) is 27.4 Å². The molecule has 2 amide bonds. The minimum atomic E-state index is -0.366. The van der Waals surface area contributed by atoms with E-state index in [9.17, 15) is 9.59 Å². The average Bonchev–Trinajstić information content (AvgIpc) is 3.29. The first-order valence-corrected chi connectivity index (χ1v) is 14.2. The fraction of sp³-hybridized carbons (Fsp3) is 0.571. The summed E-state index contributed by atoms with van der Waals surface area (Å²) in [5, 5.41) is 4.53. The number of hydrogen-bond donors (Lipinski definition) is 2. The molecule has 0 spiro atoms. The van der Waals surface area contributed by atoms with Crippen molar-refractivity contribution in [1.82, 2.24) is 35.0 Å². The molecule has 12 heteroatoms. The number of nitrogens with one attached hydrogen (secondary N) is 2. The van der Waals surface area contributed by atoms with Crippen molar-refractivity contribution in [3.8, 4) is 17.1 Å². The van der Waals surface area contributed by atoms with E-state index < -0.39 is 0 Å². The Bertz CT molecular complexity index is 1370. The molecule has 0 radical (unpaired) electrons. The maximum Gasteiger partial charge on any atom is 0.341 e. The second-order valence-electron chi connectivity index (χ2n) is 10.3. The summed E-state index contributed by atoms with van der Waals surface area (Å²) in [6.45, 7) is 8.51. The lowest BCUT2D eigenvalue weighted by atomic mass is 10.1. The molecule has 12 nitrogen and oxygen atoms in total. The van der Waals surface area contributed by atoms with Gasteiger partial charge in [0.05, 0.1) is 17.9 Å². The number of ether oxygens (including phenoxy) is 2. The Labute approximate surface area is 233 Å². The Hall–Kier alpha value is -3.48. The van der Waals surface area contributed by atoms with E-state index in [0.717, 1.165) is 62.0 Å². The average molecular weight is 554 g/mol. The summed E-state index contributed by atoms with van der Waals surface area (Å²) in [5.74, 6) is 1.13. The lowest BCUT2D eigenvalue weighted by Gasteiger charge is -2.35. The maximum absolute atomic E-state index is 13.0. The van der Waals surface area contributed by atoms with Gasteiger partial charge in [0.1, 0.15) is 17.1 Å². The number of aryl methyl sites for hydroxylation is 2. The van der Waals surface area contributed by atoms with Crippen molar-refractivity contribution in [2.75, 3.05) is 39.4 Å². The zero-order chi connectivity index (χ0) is 28.1. The molecule has 2 aliphatic heterocycles. The first-order chi connectivity index (χ1) is 19.5. The van der Waals surface area contributed by atoms with Gasteiger partial charge in [-0.3, -0.25) is 14.4 Å². The molecule has 2 saturated heterocycles. The monoisotopic (exact) mass is 553 g/mol. The molecule has 2 aromatic heterocycles. The number of aromatic amines is 1. The van der Waals surface area contributed by atoms with Gasteiger partial charge >= 0.3 is 6.03 Å². The van der Waals surface area contributed by atoms with Crippen LogP contribution in [0.2, 0.25) is 0 Å². The molecule has 3 aromatic rings. The molecule has 2 aliphatic rings. The molecule has 0 bridgehead atoms. The van der Waals surface area contributed by atoms with E-state index >= 15 is 0 Å². The summed E-state index contributed by atoms with van der Waals surface area (Å²) in [6, 6.07) is 5.76. The highest BCUT2D eigenvalue weighted by Crippen LogP contribution is 2.30. The molecule has 2 fully saturated rings. The van der Waals surface area contributed by atoms with E-state index in [1.165, 1.54) is 0 Å². The van der Waals surface area contributed by atoms with E-state index in [-0.39, 0.29) is 17.9 Å². The Morgan fingerprint density at radius 3 is 2.75 bits per heavy atom. The fourth-order valence-electron chi connectivity index (χ4n) is 5.27. The summed E-state index contributed by atoms with van der Waals surface area (Å²) in [7, 11) is 1.77. The molecule has 4 heterocycles. The number of aromatic nitrogens is 4. The van der Waals surface area contributed by atoms with E-state index in [1.54, 1.807) is 16.6 Å². The highest BCUT2D eigenvalue weighted by Gasteiger charge is 2.24. The molecule has 1 atom stereocenters. The molecular formula is C28H39N7O5. The summed E-state index contributed by atoms with van der Waals surface area (Å²) in [4.78, 5) is 42.9. The Morgan fingerprint density at radius 2 is 2.02 bits per heavy atom. The SMILES string of the molecule is CCCc1nn(C)c2c(=O)[nH]c(-c3cc(CN4CCN(C(=O)NOC5CCCCO5)CC4)ccc3OCC)nc12. The second kappa shape index (κ2) is 12.8. The van der Waals surface area contributed by atoms with Crippen LogP contribution >= 0.6 is 0 Å². The smallest absolute Gasteiger partial charge is 0.341 e. The van der Waals surface area contributed by atoms with E-state index in [0.29, 0.717) is 55.5 Å². The van der Waals surface area contributed by atoms with Crippen LogP contribution in [0.1, 0.15) is 50.8 Å². The van der Waals surface area contributed by atoms with Crippen molar-refractivity contribution in [3.05, 3.63) is 39.8 Å². The first kappa shape index (κ1) is 28.1. The van der Waals surface area contributed by atoms with Crippen molar-refractivity contribution in [2.45, 2.75) is 58.8 Å². The number of rotatable bonds is 9. The molecule has 0 aliphatic carbocycles. The van der Waals surface area contributed by atoms with Crippen molar-refractivity contribution in [3.63, 3.8) is 0 Å². The molecule has 5 rings (SSSR count). The quantitative estimate of drug-likeness (QED) is 0.388. The van der Waals surface area contributed by atoms with Gasteiger partial charge < -0.3 is 19.4 Å². The third-order valence-electron chi connectivity index (χ3n) is 7.33. The topological polar surface area (TPSA) is 127 Å². The minimum Gasteiger partial charge on any atom is -0.493 e. The number of hydrogen-bond acceptors (Lipinski definition) is 8. The minimum absolute atomic E-state index is 0.223. The van der Waals surface area contributed by atoms with Gasteiger partial charge in [-0.25, -0.2) is 20.1 Å². The summed E-state index contributed by atoms with van der Waals surface area (Å²) < 4.78 is 13.0. The third kappa shape index (κ3) is 6.29. The number of amides is 2. The number of nitrogens with zero attached hydrogens (tertiary/aromatic N) is 5. The number of carbonyl (C=O) groups excluding carboxylic acids is 1. The molecule has 40 heavy (non-hydrogen) atoms. The van der Waals surface area contributed by atoms with Gasteiger partial charge in [0.15, 0.2) is 11.8 Å². The zero-order valence-electron chi connectivity index (χ0n) is 23.6. The maximum atomic E-state index is 13.0. The van der Waals surface area contributed by atoms with Gasteiger partial charge in [-0.15, -0.1) is 0 Å². The number of hydroxylamine groups is 1. The Balaban J connectivity index is 1.28. The number of piperazine rings is 1. The van der Waals surface area contributed by atoms with Gasteiger partial charge in [0.2, 0.25) is 0 Å². The van der Waals surface area contributed by atoms with Gasteiger partial charge in [0, 0.05) is 52.8 Å². The van der Waals surface area contributed by atoms with Gasteiger partial charge in [-0.2, -0.15) is 5.10 Å². The highest BCUT2D eigenvalue weighted by molar-refractivity contribution is 5.80. The largest absolute Gasteiger partial charge is 0.493 e. The lowest BCUT2D eigenvalue weighted by Crippen LogP contribution is -2.52. The van der Waals surface area contributed by atoms with Crippen LogP contribution in [0.3, 0.4) is 0 Å². The van der Waals surface area contributed by atoms with Crippen molar-refractivity contribution >= 4 is 17.1 Å². The predicted octanol–water partition coefficient (Wildman–Crippen LogP) is 2.96. The van der Waals surface area contributed by atoms with Crippen LogP contribution < -0.4 is 15.8 Å². The first-order valence-electron chi connectivity index (χ1n) is 14.2. The standard InChI is InChI=1S/C28H39N7O5/c1-4-8-21-24-25(33(3)31-21)27(36)30-26(29-24)20-17-19(10-11-22(20)38-5-2)18-34-12-14-35(15-13-34)28(37)32-40-23-9-6-7-16-39-23/h10-11,17,23H,4-9,12-16,18H2,1-3H3,(H,32,37)(H,29,30,36). The Kier molecular flexibility index (Phi) is 8.98. The summed E-state index contributed by atoms with van der Waals surface area (Å²) >= 11 is 0.